The topological polar surface area (TPSA) is 82.5 Å². The molecule has 1 N–H and O–H groups in total. The number of aryl methyl sites for hydroxylation is 2. The van der Waals surface area contributed by atoms with E-state index in [-0.39, 0.29) is 29.9 Å². The Labute approximate surface area is 179 Å². The average molecular weight is 417 g/mol. The molecule has 3 heterocycles. The molecule has 158 valence electrons. The molecule has 1 aliphatic heterocycles. The second-order valence-corrected chi connectivity index (χ2v) is 8.13. The largest absolute Gasteiger partial charge is 0.454 e. The number of amides is 1. The molecule has 1 fully saturated rings. The first-order valence-electron chi connectivity index (χ1n) is 10.4. The van der Waals surface area contributed by atoms with Crippen molar-refractivity contribution in [1.29, 1.82) is 0 Å². The summed E-state index contributed by atoms with van der Waals surface area (Å²) >= 11 is 0. The van der Waals surface area contributed by atoms with Gasteiger partial charge in [0.15, 0.2) is 11.5 Å². The van der Waals surface area contributed by atoms with Crippen LogP contribution in [-0.2, 0) is 0 Å². The molecule has 1 atom stereocenters. The quantitative estimate of drug-likeness (QED) is 0.688. The number of ether oxygens (including phenoxy) is 2. The van der Waals surface area contributed by atoms with Crippen LogP contribution in [0.2, 0.25) is 0 Å². The van der Waals surface area contributed by atoms with Crippen LogP contribution in [0.3, 0.4) is 0 Å². The molecule has 0 radical (unpaired) electrons. The highest BCUT2D eigenvalue weighted by Crippen LogP contribution is 2.40. The van der Waals surface area contributed by atoms with Crippen LogP contribution in [0.5, 0.6) is 11.5 Å². The summed E-state index contributed by atoms with van der Waals surface area (Å²) in [4.78, 5) is 31.0. The summed E-state index contributed by atoms with van der Waals surface area (Å²) in [5.41, 5.74) is 2.93. The number of benzene rings is 1. The first-order valence-corrected chi connectivity index (χ1v) is 10.4. The highest BCUT2D eigenvalue weighted by Gasteiger charge is 2.35. The van der Waals surface area contributed by atoms with Crippen molar-refractivity contribution in [3.8, 4) is 17.2 Å². The van der Waals surface area contributed by atoms with Gasteiger partial charge in [-0.2, -0.15) is 0 Å². The number of nitrogens with one attached hydrogen (secondary N) is 1. The Morgan fingerprint density at radius 1 is 1.13 bits per heavy atom. The van der Waals surface area contributed by atoms with E-state index in [9.17, 15) is 9.59 Å². The van der Waals surface area contributed by atoms with E-state index in [0.717, 1.165) is 24.1 Å². The predicted molar refractivity (Wildman–Crippen MR) is 115 cm³/mol. The number of fused-ring (bicyclic) bond motifs is 1. The minimum absolute atomic E-state index is 0.137. The third-order valence-electron chi connectivity index (χ3n) is 5.80. The Bertz CT molecular complexity index is 1230. The highest BCUT2D eigenvalue weighted by molar-refractivity contribution is 5.95. The van der Waals surface area contributed by atoms with Crippen LogP contribution in [-0.4, -0.2) is 22.3 Å². The van der Waals surface area contributed by atoms with Crippen molar-refractivity contribution >= 4 is 5.91 Å². The molecule has 0 spiro atoms. The Balaban J connectivity index is 1.49. The third-order valence-corrected chi connectivity index (χ3v) is 5.80. The van der Waals surface area contributed by atoms with Crippen molar-refractivity contribution < 1.29 is 14.3 Å². The molecule has 31 heavy (non-hydrogen) atoms. The smallest absolute Gasteiger partial charge is 0.268 e. The maximum Gasteiger partial charge on any atom is 0.268 e. The van der Waals surface area contributed by atoms with Gasteiger partial charge in [0.05, 0.1) is 17.4 Å². The molecule has 1 aliphatic carbocycles. The molecule has 1 amide bonds. The summed E-state index contributed by atoms with van der Waals surface area (Å²) in [5, 5.41) is 3.08. The molecule has 1 unspecified atom stereocenters. The first kappa shape index (κ1) is 19.4. The summed E-state index contributed by atoms with van der Waals surface area (Å²) in [6.07, 6.45) is 5.50. The van der Waals surface area contributed by atoms with Gasteiger partial charge in [-0.05, 0) is 74.1 Å². The van der Waals surface area contributed by atoms with E-state index in [1.807, 2.05) is 19.1 Å². The number of nitrogens with zero attached hydrogens (tertiary/aromatic N) is 2. The Hall–Kier alpha value is -3.61. The number of rotatable bonds is 5. The summed E-state index contributed by atoms with van der Waals surface area (Å²) in [7, 11) is 0. The van der Waals surface area contributed by atoms with E-state index in [1.54, 1.807) is 43.6 Å². The second-order valence-electron chi connectivity index (χ2n) is 8.13. The monoisotopic (exact) mass is 417 g/mol. The molecule has 2 aliphatic rings. The molecule has 1 saturated carbocycles. The van der Waals surface area contributed by atoms with E-state index in [0.29, 0.717) is 28.7 Å². The molecule has 0 saturated heterocycles. The lowest BCUT2D eigenvalue weighted by Gasteiger charge is -2.19. The zero-order chi connectivity index (χ0) is 21.5. The molecular weight excluding hydrogens is 394 g/mol. The summed E-state index contributed by atoms with van der Waals surface area (Å²) < 4.78 is 12.2. The number of hydrogen-bond donors (Lipinski definition) is 1. The van der Waals surface area contributed by atoms with Crippen LogP contribution in [0.15, 0.2) is 53.6 Å². The van der Waals surface area contributed by atoms with Gasteiger partial charge >= 0.3 is 0 Å². The fourth-order valence-corrected chi connectivity index (χ4v) is 3.95. The Morgan fingerprint density at radius 2 is 1.94 bits per heavy atom. The van der Waals surface area contributed by atoms with Crippen LogP contribution in [0.25, 0.3) is 5.69 Å². The fourth-order valence-electron chi connectivity index (χ4n) is 3.95. The van der Waals surface area contributed by atoms with Gasteiger partial charge in [-0.3, -0.25) is 19.1 Å². The SMILES string of the molecule is Cc1ccnc(C(NC(=O)c2c(C)ccn(-c3ccc4c(c3)OCO4)c2=O)C2CC2)c1. The lowest BCUT2D eigenvalue weighted by atomic mass is 10.0. The van der Waals surface area contributed by atoms with E-state index in [1.165, 1.54) is 4.57 Å². The molecule has 7 heteroatoms. The van der Waals surface area contributed by atoms with Crippen molar-refractivity contribution in [2.24, 2.45) is 5.92 Å². The lowest BCUT2D eigenvalue weighted by Crippen LogP contribution is -2.36. The average Bonchev–Trinajstić information content (AvgIpc) is 3.48. The molecule has 5 rings (SSSR count). The van der Waals surface area contributed by atoms with Gasteiger partial charge in [0, 0.05) is 18.5 Å². The minimum Gasteiger partial charge on any atom is -0.454 e. The molecule has 7 nitrogen and oxygen atoms in total. The number of carbonyl (C=O) groups excluding carboxylic acids is 1. The molecule has 1 aromatic carbocycles. The third kappa shape index (κ3) is 3.67. The normalized spacial score (nSPS) is 15.5. The van der Waals surface area contributed by atoms with Crippen LogP contribution in [0.1, 0.15) is 46.1 Å². The van der Waals surface area contributed by atoms with E-state index in [2.05, 4.69) is 10.3 Å². The van der Waals surface area contributed by atoms with Crippen LogP contribution in [0, 0.1) is 19.8 Å². The van der Waals surface area contributed by atoms with Crippen LogP contribution >= 0.6 is 0 Å². The first-order chi connectivity index (χ1) is 15.0. The van der Waals surface area contributed by atoms with Crippen LogP contribution in [0.4, 0.5) is 0 Å². The summed E-state index contributed by atoms with van der Waals surface area (Å²) in [5.74, 6) is 1.19. The van der Waals surface area contributed by atoms with Gasteiger partial charge in [0.1, 0.15) is 5.56 Å². The number of aromatic nitrogens is 2. The highest BCUT2D eigenvalue weighted by atomic mass is 16.7. The number of carbonyl (C=O) groups is 1. The van der Waals surface area contributed by atoms with Gasteiger partial charge in [0.25, 0.3) is 11.5 Å². The summed E-state index contributed by atoms with van der Waals surface area (Å²) in [6, 6.07) is 10.8. The van der Waals surface area contributed by atoms with Crippen molar-refractivity contribution in [2.45, 2.75) is 32.7 Å². The minimum atomic E-state index is -0.377. The number of hydrogen-bond acceptors (Lipinski definition) is 5. The Kier molecular flexibility index (Phi) is 4.73. The molecule has 3 aromatic rings. The molecule has 0 bridgehead atoms. The van der Waals surface area contributed by atoms with Crippen molar-refractivity contribution in [2.75, 3.05) is 6.79 Å². The van der Waals surface area contributed by atoms with E-state index in [4.69, 9.17) is 9.47 Å². The zero-order valence-electron chi connectivity index (χ0n) is 17.4. The maximum atomic E-state index is 13.3. The fraction of sp³-hybridized carbons (Fsp3) is 0.292. The van der Waals surface area contributed by atoms with Gasteiger partial charge in [-0.1, -0.05) is 0 Å². The maximum absolute atomic E-state index is 13.3. The van der Waals surface area contributed by atoms with Crippen molar-refractivity contribution in [3.63, 3.8) is 0 Å². The van der Waals surface area contributed by atoms with Gasteiger partial charge in [-0.25, -0.2) is 0 Å². The van der Waals surface area contributed by atoms with Crippen molar-refractivity contribution in [1.82, 2.24) is 14.9 Å². The number of pyridine rings is 2. The van der Waals surface area contributed by atoms with Gasteiger partial charge in [0.2, 0.25) is 6.79 Å². The zero-order valence-corrected chi connectivity index (χ0v) is 17.4. The predicted octanol–water partition coefficient (Wildman–Crippen LogP) is 3.46. The Morgan fingerprint density at radius 3 is 2.71 bits per heavy atom. The van der Waals surface area contributed by atoms with Gasteiger partial charge < -0.3 is 14.8 Å². The van der Waals surface area contributed by atoms with E-state index >= 15 is 0 Å². The van der Waals surface area contributed by atoms with Crippen molar-refractivity contribution in [3.05, 3.63) is 81.5 Å². The van der Waals surface area contributed by atoms with E-state index < -0.39 is 0 Å². The lowest BCUT2D eigenvalue weighted by molar-refractivity contribution is 0.0928. The standard InChI is InChI=1S/C24H23N3O4/c1-14-7-9-25-18(11-14)22(16-3-4-16)26-23(28)21-15(2)8-10-27(24(21)29)17-5-6-19-20(12-17)31-13-30-19/h5-12,16,22H,3-4,13H2,1-2H3,(H,26,28). The van der Waals surface area contributed by atoms with Gasteiger partial charge in [-0.15, -0.1) is 0 Å². The van der Waals surface area contributed by atoms with Crippen LogP contribution < -0.4 is 20.3 Å². The molecular formula is C24H23N3O4. The second kappa shape index (κ2) is 7.58. The molecule has 2 aromatic heterocycles. The summed E-state index contributed by atoms with van der Waals surface area (Å²) in [6.45, 7) is 3.93.